The average Bonchev–Trinajstić information content (AvgIpc) is 2.81. The maximum absolute atomic E-state index is 12.2. The summed E-state index contributed by atoms with van der Waals surface area (Å²) >= 11 is 0. The van der Waals surface area contributed by atoms with Crippen molar-refractivity contribution in [3.63, 3.8) is 0 Å². The second-order valence-corrected chi connectivity index (χ2v) is 8.19. The summed E-state index contributed by atoms with van der Waals surface area (Å²) in [6.07, 6.45) is -0.0880. The molecule has 0 fully saturated rings. The molecule has 1 amide bonds. The van der Waals surface area contributed by atoms with Crippen LogP contribution in [0.1, 0.15) is 13.3 Å². The Kier molecular flexibility index (Phi) is 3.91. The number of hydrogen-bond acceptors (Lipinski definition) is 6. The first-order chi connectivity index (χ1) is 11.5. The third kappa shape index (κ3) is 3.02. The molecule has 1 aliphatic heterocycles. The van der Waals surface area contributed by atoms with Crippen LogP contribution >= 0.6 is 0 Å². The predicted octanol–water partition coefficient (Wildman–Crippen LogP) is 1.45. The maximum atomic E-state index is 12.2. The molecule has 25 heavy (non-hydrogen) atoms. The molecule has 0 unspecified atom stereocenters. The van der Waals surface area contributed by atoms with Gasteiger partial charge in [0.1, 0.15) is 9.79 Å². The Balaban J connectivity index is 2.59. The van der Waals surface area contributed by atoms with E-state index >= 15 is 0 Å². The first-order valence-electron chi connectivity index (χ1n) is 6.88. The van der Waals surface area contributed by atoms with Gasteiger partial charge < -0.3 is 0 Å². The Morgan fingerprint density at radius 2 is 1.72 bits per heavy atom. The van der Waals surface area contributed by atoms with Crippen molar-refractivity contribution in [2.75, 3.05) is 5.01 Å². The predicted molar refractivity (Wildman–Crippen MR) is 88.8 cm³/mol. The van der Waals surface area contributed by atoms with Crippen molar-refractivity contribution in [1.29, 1.82) is 0 Å². The molecule has 3 rings (SSSR count). The Bertz CT molecular complexity index is 1150. The molecule has 2 aromatic rings. The summed E-state index contributed by atoms with van der Waals surface area (Å²) < 4.78 is 66.2. The zero-order valence-electron chi connectivity index (χ0n) is 12.7. The molecule has 1 heterocycles. The second kappa shape index (κ2) is 5.59. The third-order valence-electron chi connectivity index (χ3n) is 3.60. The van der Waals surface area contributed by atoms with Gasteiger partial charge >= 0.3 is 0 Å². The number of amides is 1. The van der Waals surface area contributed by atoms with Gasteiger partial charge in [-0.2, -0.15) is 26.9 Å². The minimum atomic E-state index is -5.12. The number of carbonyl (C=O) groups is 1. The smallest absolute Gasteiger partial charge is 0.282 e. The first kappa shape index (κ1) is 17.5. The molecule has 2 aromatic carbocycles. The summed E-state index contributed by atoms with van der Waals surface area (Å²) in [6.45, 7) is 1.54. The van der Waals surface area contributed by atoms with E-state index in [1.54, 1.807) is 19.1 Å². The van der Waals surface area contributed by atoms with Gasteiger partial charge in [0.25, 0.3) is 26.1 Å². The van der Waals surface area contributed by atoms with Crippen LogP contribution in [-0.4, -0.2) is 37.6 Å². The number of fused-ring (bicyclic) bond motifs is 1. The van der Waals surface area contributed by atoms with Crippen LogP contribution in [0.4, 0.5) is 5.69 Å². The van der Waals surface area contributed by atoms with Crippen molar-refractivity contribution in [2.24, 2.45) is 5.10 Å². The van der Waals surface area contributed by atoms with Crippen LogP contribution in [0, 0.1) is 0 Å². The standard InChI is InChI=1S/C14H12N2O7S2/c1-8-6-12(17)16(15-8)13-10-5-3-2-4-9(10)7-11(24(18,19)20)14(13)25(21,22)23/h2-5,7H,6H2,1H3,(H,18,19,20)(H,21,22,23). The summed E-state index contributed by atoms with van der Waals surface area (Å²) in [5.41, 5.74) is -0.0392. The summed E-state index contributed by atoms with van der Waals surface area (Å²) in [5, 5.41) is 5.08. The number of nitrogens with zero attached hydrogens (tertiary/aromatic N) is 2. The SMILES string of the molecule is CC1=NN(c2c(S(=O)(=O)O)c(S(=O)(=O)O)cc3ccccc23)C(=O)C1. The van der Waals surface area contributed by atoms with Crippen LogP contribution in [0.3, 0.4) is 0 Å². The van der Waals surface area contributed by atoms with Crippen molar-refractivity contribution < 1.29 is 30.7 Å². The van der Waals surface area contributed by atoms with E-state index in [2.05, 4.69) is 5.10 Å². The van der Waals surface area contributed by atoms with E-state index in [0.29, 0.717) is 5.71 Å². The molecule has 11 heteroatoms. The van der Waals surface area contributed by atoms with Gasteiger partial charge in [-0.15, -0.1) is 0 Å². The molecule has 0 aromatic heterocycles. The number of carbonyl (C=O) groups excluding carboxylic acids is 1. The Hall–Kier alpha value is -2.34. The largest absolute Gasteiger partial charge is 0.298 e. The lowest BCUT2D eigenvalue weighted by Gasteiger charge is -2.19. The van der Waals surface area contributed by atoms with E-state index in [4.69, 9.17) is 0 Å². The Morgan fingerprint density at radius 1 is 1.08 bits per heavy atom. The van der Waals surface area contributed by atoms with Gasteiger partial charge in [-0.1, -0.05) is 24.3 Å². The minimum Gasteiger partial charge on any atom is -0.282 e. The fraction of sp³-hybridized carbons (Fsp3) is 0.143. The van der Waals surface area contributed by atoms with Crippen LogP contribution in [0.2, 0.25) is 0 Å². The molecular weight excluding hydrogens is 372 g/mol. The highest BCUT2D eigenvalue weighted by Gasteiger charge is 2.35. The van der Waals surface area contributed by atoms with Crippen molar-refractivity contribution >= 4 is 48.3 Å². The second-order valence-electron chi connectivity index (χ2n) is 5.44. The van der Waals surface area contributed by atoms with Crippen molar-refractivity contribution in [3.8, 4) is 0 Å². The number of hydrogen-bond donors (Lipinski definition) is 2. The molecule has 0 aliphatic carbocycles. The molecule has 0 saturated heterocycles. The van der Waals surface area contributed by atoms with Gasteiger partial charge in [-0.25, -0.2) is 0 Å². The number of hydrazone groups is 1. The lowest BCUT2D eigenvalue weighted by atomic mass is 10.1. The molecule has 0 spiro atoms. The van der Waals surface area contributed by atoms with E-state index in [-0.39, 0.29) is 17.2 Å². The number of rotatable bonds is 3. The molecule has 9 nitrogen and oxygen atoms in total. The van der Waals surface area contributed by atoms with Crippen LogP contribution in [0.15, 0.2) is 45.2 Å². The zero-order chi connectivity index (χ0) is 18.6. The fourth-order valence-corrected chi connectivity index (χ4v) is 4.66. The van der Waals surface area contributed by atoms with Crippen molar-refractivity contribution in [1.82, 2.24) is 0 Å². The average molecular weight is 384 g/mol. The quantitative estimate of drug-likeness (QED) is 0.763. The topological polar surface area (TPSA) is 141 Å². The van der Waals surface area contributed by atoms with Crippen molar-refractivity contribution in [3.05, 3.63) is 30.3 Å². The maximum Gasteiger partial charge on any atom is 0.298 e. The van der Waals surface area contributed by atoms with Crippen LogP contribution in [0.25, 0.3) is 10.8 Å². The Labute approximate surface area is 143 Å². The highest BCUT2D eigenvalue weighted by Crippen LogP contribution is 2.40. The normalized spacial score (nSPS) is 15.7. The lowest BCUT2D eigenvalue weighted by Crippen LogP contribution is -2.23. The molecule has 0 bridgehead atoms. The molecule has 0 atom stereocenters. The van der Waals surface area contributed by atoms with E-state index in [1.165, 1.54) is 12.1 Å². The highest BCUT2D eigenvalue weighted by atomic mass is 32.2. The molecule has 1 aliphatic rings. The van der Waals surface area contributed by atoms with Gasteiger partial charge in [-0.05, 0) is 18.4 Å². The minimum absolute atomic E-state index is 0.0880. The fourth-order valence-electron chi connectivity index (χ4n) is 2.67. The van der Waals surface area contributed by atoms with Gasteiger partial charge in [0.15, 0.2) is 0 Å². The Morgan fingerprint density at radius 3 is 2.24 bits per heavy atom. The van der Waals surface area contributed by atoms with Crippen LogP contribution in [-0.2, 0) is 25.0 Å². The molecule has 132 valence electrons. The number of benzene rings is 2. The summed E-state index contributed by atoms with van der Waals surface area (Å²) in [7, 11) is -10.1. The van der Waals surface area contributed by atoms with E-state index in [1.807, 2.05) is 0 Å². The first-order valence-corrected chi connectivity index (χ1v) is 9.76. The van der Waals surface area contributed by atoms with E-state index in [0.717, 1.165) is 11.1 Å². The van der Waals surface area contributed by atoms with E-state index < -0.39 is 41.6 Å². The summed E-state index contributed by atoms with van der Waals surface area (Å²) in [6, 6.07) is 6.94. The summed E-state index contributed by atoms with van der Waals surface area (Å²) in [4.78, 5) is 10.1. The van der Waals surface area contributed by atoms with Crippen LogP contribution < -0.4 is 5.01 Å². The monoisotopic (exact) mass is 384 g/mol. The highest BCUT2D eigenvalue weighted by molar-refractivity contribution is 7.89. The third-order valence-corrected chi connectivity index (χ3v) is 5.54. The molecule has 0 radical (unpaired) electrons. The van der Waals surface area contributed by atoms with Gasteiger partial charge in [0.05, 0.1) is 12.1 Å². The van der Waals surface area contributed by atoms with Crippen LogP contribution in [0.5, 0.6) is 0 Å². The molecule has 2 N–H and O–H groups in total. The lowest BCUT2D eigenvalue weighted by molar-refractivity contribution is -0.116. The molecule has 0 saturated carbocycles. The molecular formula is C14H12N2O7S2. The van der Waals surface area contributed by atoms with Gasteiger partial charge in [0.2, 0.25) is 0 Å². The zero-order valence-corrected chi connectivity index (χ0v) is 14.4. The van der Waals surface area contributed by atoms with E-state index in [9.17, 15) is 30.7 Å². The van der Waals surface area contributed by atoms with Gasteiger partial charge in [0, 0.05) is 11.1 Å². The van der Waals surface area contributed by atoms with Gasteiger partial charge in [-0.3, -0.25) is 13.9 Å². The summed E-state index contributed by atoms with van der Waals surface area (Å²) in [5.74, 6) is -0.597. The number of anilines is 1. The van der Waals surface area contributed by atoms with Crippen molar-refractivity contribution in [2.45, 2.75) is 23.1 Å².